The second-order valence-electron chi connectivity index (χ2n) is 6.02. The maximum absolute atomic E-state index is 4.47. The molecule has 1 N–H and O–H groups in total. The van der Waals surface area contributed by atoms with Crippen LogP contribution in [0.3, 0.4) is 0 Å². The van der Waals surface area contributed by atoms with Crippen LogP contribution in [0.4, 0.5) is 0 Å². The normalized spacial score (nSPS) is 15.7. The van der Waals surface area contributed by atoms with E-state index in [0.717, 1.165) is 18.2 Å². The average Bonchev–Trinajstić information content (AvgIpc) is 2.97. The first-order valence-electron chi connectivity index (χ1n) is 7.79. The number of benzene rings is 1. The van der Waals surface area contributed by atoms with Gasteiger partial charge in [0.1, 0.15) is 0 Å². The van der Waals surface area contributed by atoms with Gasteiger partial charge in [0, 0.05) is 24.8 Å². The SMILES string of the molecule is CN(Cc1cnn(-c2ccccc2)c1)CC1CCNCC1.Cl. The fourth-order valence-electron chi connectivity index (χ4n) is 3.04. The number of piperidine rings is 1. The summed E-state index contributed by atoms with van der Waals surface area (Å²) in [5.41, 5.74) is 2.39. The van der Waals surface area contributed by atoms with Crippen LogP contribution in [0.25, 0.3) is 5.69 Å². The van der Waals surface area contributed by atoms with Gasteiger partial charge in [0.2, 0.25) is 0 Å². The summed E-state index contributed by atoms with van der Waals surface area (Å²) in [7, 11) is 2.21. The Labute approximate surface area is 138 Å². The summed E-state index contributed by atoms with van der Waals surface area (Å²) in [5, 5.41) is 7.89. The Hall–Kier alpha value is -1.36. The van der Waals surface area contributed by atoms with Crippen molar-refractivity contribution in [1.29, 1.82) is 0 Å². The van der Waals surface area contributed by atoms with Crippen molar-refractivity contribution in [2.45, 2.75) is 19.4 Å². The van der Waals surface area contributed by atoms with E-state index in [1.54, 1.807) is 0 Å². The maximum Gasteiger partial charge on any atom is 0.0645 e. The van der Waals surface area contributed by atoms with E-state index in [2.05, 4.69) is 40.7 Å². The minimum atomic E-state index is 0. The van der Waals surface area contributed by atoms with E-state index in [4.69, 9.17) is 0 Å². The predicted octanol–water partition coefficient (Wildman–Crippen LogP) is 2.73. The predicted molar refractivity (Wildman–Crippen MR) is 92.7 cm³/mol. The molecule has 1 aromatic carbocycles. The van der Waals surface area contributed by atoms with E-state index < -0.39 is 0 Å². The van der Waals surface area contributed by atoms with Gasteiger partial charge in [0.15, 0.2) is 0 Å². The molecule has 22 heavy (non-hydrogen) atoms. The van der Waals surface area contributed by atoms with E-state index in [9.17, 15) is 0 Å². The number of aromatic nitrogens is 2. The molecule has 0 atom stereocenters. The molecule has 1 saturated heterocycles. The molecule has 1 fully saturated rings. The maximum atomic E-state index is 4.47. The van der Waals surface area contributed by atoms with Crippen LogP contribution < -0.4 is 5.32 Å². The molecule has 0 radical (unpaired) electrons. The van der Waals surface area contributed by atoms with Gasteiger partial charge in [-0.3, -0.25) is 0 Å². The highest BCUT2D eigenvalue weighted by Gasteiger charge is 2.15. The Morgan fingerprint density at radius 1 is 1.23 bits per heavy atom. The van der Waals surface area contributed by atoms with Crippen LogP contribution in [0.2, 0.25) is 0 Å². The first kappa shape index (κ1) is 17.0. The number of nitrogens with zero attached hydrogens (tertiary/aromatic N) is 3. The van der Waals surface area contributed by atoms with Gasteiger partial charge in [-0.2, -0.15) is 5.10 Å². The zero-order valence-electron chi connectivity index (χ0n) is 13.1. The summed E-state index contributed by atoms with van der Waals surface area (Å²) in [6.07, 6.45) is 6.71. The molecular formula is C17H25ClN4. The molecule has 5 heteroatoms. The lowest BCUT2D eigenvalue weighted by Gasteiger charge is -2.27. The van der Waals surface area contributed by atoms with Gasteiger partial charge >= 0.3 is 0 Å². The fourth-order valence-corrected chi connectivity index (χ4v) is 3.04. The van der Waals surface area contributed by atoms with E-state index in [-0.39, 0.29) is 12.4 Å². The number of halogens is 1. The smallest absolute Gasteiger partial charge is 0.0645 e. The largest absolute Gasteiger partial charge is 0.317 e. The molecule has 0 saturated carbocycles. The molecule has 1 aliphatic rings. The minimum absolute atomic E-state index is 0. The molecule has 0 aliphatic carbocycles. The lowest BCUT2D eigenvalue weighted by Crippen LogP contribution is -2.34. The summed E-state index contributed by atoms with van der Waals surface area (Å²) in [6, 6.07) is 10.3. The molecule has 0 amide bonds. The summed E-state index contributed by atoms with van der Waals surface area (Å²) in [5.74, 6) is 0.834. The van der Waals surface area contributed by atoms with Crippen molar-refractivity contribution in [3.8, 4) is 5.69 Å². The van der Waals surface area contributed by atoms with Gasteiger partial charge in [-0.05, 0) is 51.0 Å². The van der Waals surface area contributed by atoms with E-state index in [1.165, 1.54) is 38.0 Å². The van der Waals surface area contributed by atoms with Gasteiger partial charge in [-0.15, -0.1) is 12.4 Å². The molecule has 2 heterocycles. The summed E-state index contributed by atoms with van der Waals surface area (Å²) in [6.45, 7) is 4.49. The Kier molecular flexibility index (Phi) is 6.43. The third-order valence-electron chi connectivity index (χ3n) is 4.14. The molecule has 4 nitrogen and oxygen atoms in total. The number of hydrogen-bond donors (Lipinski definition) is 1. The van der Waals surface area contributed by atoms with E-state index in [0.29, 0.717) is 0 Å². The second kappa shape index (κ2) is 8.32. The molecule has 1 aromatic heterocycles. The van der Waals surface area contributed by atoms with Crippen molar-refractivity contribution in [2.75, 3.05) is 26.7 Å². The zero-order valence-corrected chi connectivity index (χ0v) is 13.9. The highest BCUT2D eigenvalue weighted by Crippen LogP contribution is 2.15. The summed E-state index contributed by atoms with van der Waals surface area (Å²) in [4.78, 5) is 2.42. The van der Waals surface area contributed by atoms with Crippen molar-refractivity contribution in [1.82, 2.24) is 20.0 Å². The zero-order chi connectivity index (χ0) is 14.5. The second-order valence-corrected chi connectivity index (χ2v) is 6.02. The average molecular weight is 321 g/mol. The standard InChI is InChI=1S/C17H24N4.ClH/c1-20(12-15-7-9-18-10-8-15)13-16-11-19-21(14-16)17-5-3-2-4-6-17;/h2-6,11,14-15,18H,7-10,12-13H2,1H3;1H. The van der Waals surface area contributed by atoms with E-state index >= 15 is 0 Å². The van der Waals surface area contributed by atoms with Gasteiger partial charge in [0.25, 0.3) is 0 Å². The first-order valence-corrected chi connectivity index (χ1v) is 7.79. The molecule has 0 bridgehead atoms. The van der Waals surface area contributed by atoms with Crippen LogP contribution >= 0.6 is 12.4 Å². The number of hydrogen-bond acceptors (Lipinski definition) is 3. The van der Waals surface area contributed by atoms with Crippen LogP contribution in [0.5, 0.6) is 0 Å². The monoisotopic (exact) mass is 320 g/mol. The number of rotatable bonds is 5. The Morgan fingerprint density at radius 3 is 2.68 bits per heavy atom. The van der Waals surface area contributed by atoms with E-state index in [1.807, 2.05) is 29.1 Å². The number of nitrogens with one attached hydrogen (secondary N) is 1. The molecule has 0 unspecified atom stereocenters. The van der Waals surface area contributed by atoms with Crippen LogP contribution in [0.1, 0.15) is 18.4 Å². The Balaban J connectivity index is 0.00000176. The Morgan fingerprint density at radius 2 is 1.95 bits per heavy atom. The van der Waals surface area contributed by atoms with Crippen molar-refractivity contribution in [3.05, 3.63) is 48.3 Å². The lowest BCUT2D eigenvalue weighted by molar-refractivity contribution is 0.234. The fraction of sp³-hybridized carbons (Fsp3) is 0.471. The van der Waals surface area contributed by atoms with Crippen molar-refractivity contribution in [2.24, 2.45) is 5.92 Å². The van der Waals surface area contributed by atoms with Gasteiger partial charge in [-0.1, -0.05) is 18.2 Å². The molecule has 1 aliphatic heterocycles. The molecule has 2 aromatic rings. The third kappa shape index (κ3) is 4.57. The molecule has 0 spiro atoms. The van der Waals surface area contributed by atoms with Gasteiger partial charge < -0.3 is 10.2 Å². The van der Waals surface area contributed by atoms with Crippen LogP contribution in [-0.4, -0.2) is 41.4 Å². The highest BCUT2D eigenvalue weighted by atomic mass is 35.5. The quantitative estimate of drug-likeness (QED) is 0.919. The van der Waals surface area contributed by atoms with Gasteiger partial charge in [-0.25, -0.2) is 4.68 Å². The summed E-state index contributed by atoms with van der Waals surface area (Å²) >= 11 is 0. The van der Waals surface area contributed by atoms with Crippen LogP contribution in [-0.2, 0) is 6.54 Å². The van der Waals surface area contributed by atoms with Crippen LogP contribution in [0.15, 0.2) is 42.7 Å². The third-order valence-corrected chi connectivity index (χ3v) is 4.14. The lowest BCUT2D eigenvalue weighted by atomic mass is 9.97. The topological polar surface area (TPSA) is 33.1 Å². The minimum Gasteiger partial charge on any atom is -0.317 e. The van der Waals surface area contributed by atoms with Gasteiger partial charge in [0.05, 0.1) is 11.9 Å². The van der Waals surface area contributed by atoms with Crippen LogP contribution in [0, 0.1) is 5.92 Å². The van der Waals surface area contributed by atoms with Crippen molar-refractivity contribution >= 4 is 12.4 Å². The Bertz CT molecular complexity index is 549. The van der Waals surface area contributed by atoms with Crippen molar-refractivity contribution < 1.29 is 0 Å². The molecule has 120 valence electrons. The number of para-hydroxylation sites is 1. The van der Waals surface area contributed by atoms with Crippen molar-refractivity contribution in [3.63, 3.8) is 0 Å². The highest BCUT2D eigenvalue weighted by molar-refractivity contribution is 5.85. The molecule has 3 rings (SSSR count). The molecular weight excluding hydrogens is 296 g/mol. The summed E-state index contributed by atoms with van der Waals surface area (Å²) < 4.78 is 1.95. The first-order chi connectivity index (χ1) is 10.3.